The molecule has 0 aliphatic rings. The average molecular weight is 282 g/mol. The molecule has 0 aliphatic carbocycles. The monoisotopic (exact) mass is 281 g/mol. The summed E-state index contributed by atoms with van der Waals surface area (Å²) in [5.41, 5.74) is 0. The van der Waals surface area contributed by atoms with Crippen LogP contribution in [0.4, 0.5) is 0 Å². The van der Waals surface area contributed by atoms with E-state index in [9.17, 15) is 4.57 Å². The maximum Gasteiger partial charge on any atom is 0.405 e. The molecule has 0 rings (SSSR count). The Morgan fingerprint density at radius 1 is 1.29 bits per heavy atom. The van der Waals surface area contributed by atoms with Gasteiger partial charge < -0.3 is 0 Å². The molecule has 0 saturated heterocycles. The molecule has 0 amide bonds. The zero-order valence-electron chi connectivity index (χ0n) is 8.20. The highest BCUT2D eigenvalue weighted by atomic mass is 35.9. The molecule has 8 heteroatoms. The summed E-state index contributed by atoms with van der Waals surface area (Å²) in [5.74, 6) is 0. The third-order valence-corrected chi connectivity index (χ3v) is 4.57. The van der Waals surface area contributed by atoms with Gasteiger partial charge in [-0.15, -0.1) is 0 Å². The van der Waals surface area contributed by atoms with Crippen LogP contribution in [0.25, 0.3) is 0 Å². The highest BCUT2D eigenvalue weighted by Crippen LogP contribution is 2.47. The Morgan fingerprint density at radius 2 is 1.79 bits per heavy atom. The Bertz CT molecular complexity index is 184. The zero-order valence-corrected chi connectivity index (χ0v) is 11.5. The fourth-order valence-electron chi connectivity index (χ4n) is 0.740. The van der Waals surface area contributed by atoms with Gasteiger partial charge in [0.25, 0.3) is 0 Å². The largest absolute Gasteiger partial charge is 0.405 e. The van der Waals surface area contributed by atoms with E-state index in [-0.39, 0.29) is 0 Å². The molecule has 0 atom stereocenters. The van der Waals surface area contributed by atoms with E-state index in [1.54, 1.807) is 13.8 Å². The molecule has 0 aromatic heterocycles. The van der Waals surface area contributed by atoms with Crippen LogP contribution < -0.4 is 5.09 Å². The quantitative estimate of drug-likeness (QED) is 0.691. The summed E-state index contributed by atoms with van der Waals surface area (Å²) in [6.45, 7) is 3.58. The highest BCUT2D eigenvalue weighted by molar-refractivity contribution is 8.03. The van der Waals surface area contributed by atoms with Crippen LogP contribution in [-0.2, 0) is 13.6 Å². The van der Waals surface area contributed by atoms with E-state index >= 15 is 0 Å². The summed E-state index contributed by atoms with van der Waals surface area (Å²) in [7, 11) is -3.13. The van der Waals surface area contributed by atoms with E-state index in [2.05, 4.69) is 5.09 Å². The second-order valence-electron chi connectivity index (χ2n) is 2.27. The minimum absolute atomic E-state index is 0.334. The van der Waals surface area contributed by atoms with Crippen molar-refractivity contribution in [1.82, 2.24) is 5.09 Å². The summed E-state index contributed by atoms with van der Waals surface area (Å²) in [4.78, 5) is 0. The second-order valence-corrected chi connectivity index (χ2v) is 8.12. The molecule has 14 heavy (non-hydrogen) atoms. The lowest BCUT2D eigenvalue weighted by Crippen LogP contribution is -2.17. The minimum atomic E-state index is -3.13. The van der Waals surface area contributed by atoms with Crippen LogP contribution in [0.5, 0.6) is 0 Å². The molecule has 0 aliphatic heterocycles. The Hall–Kier alpha value is 1.12. The molecule has 0 heterocycles. The van der Waals surface area contributed by atoms with Gasteiger partial charge in [0.05, 0.1) is 19.8 Å². The molecule has 86 valence electrons. The fourth-order valence-corrected chi connectivity index (χ4v) is 3.03. The first kappa shape index (κ1) is 15.1. The van der Waals surface area contributed by atoms with Crippen molar-refractivity contribution in [3.05, 3.63) is 0 Å². The van der Waals surface area contributed by atoms with Gasteiger partial charge in [0.1, 0.15) is 0 Å². The van der Waals surface area contributed by atoms with Gasteiger partial charge in [0.2, 0.25) is 0 Å². The number of nitrogens with one attached hydrogen (secondary N) is 1. The SMILES string of the molecule is CCOP(=O)(NCCP(Cl)Cl)OCC. The molecule has 4 nitrogen and oxygen atoms in total. The lowest BCUT2D eigenvalue weighted by Gasteiger charge is -2.17. The second kappa shape index (κ2) is 8.29. The molecular formula is C6H15Cl2NO3P2. The molecular weight excluding hydrogens is 267 g/mol. The van der Waals surface area contributed by atoms with Crippen LogP contribution in [0, 0.1) is 0 Å². The molecule has 0 bridgehead atoms. The first-order valence-electron chi connectivity index (χ1n) is 4.27. The van der Waals surface area contributed by atoms with Crippen molar-refractivity contribution >= 4 is 36.9 Å². The summed E-state index contributed by atoms with van der Waals surface area (Å²) in [5, 5.41) is 2.69. The van der Waals surface area contributed by atoms with Crippen molar-refractivity contribution < 1.29 is 13.6 Å². The van der Waals surface area contributed by atoms with E-state index in [1.165, 1.54) is 0 Å². The topological polar surface area (TPSA) is 47.6 Å². The number of halogens is 2. The number of rotatable bonds is 8. The summed E-state index contributed by atoms with van der Waals surface area (Å²) in [6, 6.07) is 0. The summed E-state index contributed by atoms with van der Waals surface area (Å²) >= 11 is 11.2. The van der Waals surface area contributed by atoms with Crippen LogP contribution in [0.2, 0.25) is 0 Å². The van der Waals surface area contributed by atoms with Crippen molar-refractivity contribution in [2.45, 2.75) is 13.8 Å². The Labute approximate surface area is 95.6 Å². The van der Waals surface area contributed by atoms with Gasteiger partial charge in [0.15, 0.2) is 0 Å². The van der Waals surface area contributed by atoms with Gasteiger partial charge in [-0.05, 0) is 13.8 Å². The Morgan fingerprint density at radius 3 is 2.14 bits per heavy atom. The standard InChI is InChI=1S/C6H15Cl2NO3P2/c1-3-11-14(10,12-4-2)9-5-6-13(7)8/h3-6H2,1-2H3,(H,9,10). The van der Waals surface area contributed by atoms with Gasteiger partial charge in [-0.2, -0.15) is 0 Å². The van der Waals surface area contributed by atoms with Crippen molar-refractivity contribution in [1.29, 1.82) is 0 Å². The average Bonchev–Trinajstić information content (AvgIpc) is 2.03. The smallest absolute Gasteiger partial charge is 0.297 e. The lowest BCUT2D eigenvalue weighted by molar-refractivity contribution is 0.211. The molecule has 0 spiro atoms. The van der Waals surface area contributed by atoms with Gasteiger partial charge >= 0.3 is 7.75 Å². The van der Waals surface area contributed by atoms with Crippen LogP contribution in [0.3, 0.4) is 0 Å². The lowest BCUT2D eigenvalue weighted by atomic mass is 10.8. The molecule has 0 saturated carbocycles. The van der Waals surface area contributed by atoms with Crippen LogP contribution in [0.1, 0.15) is 13.8 Å². The van der Waals surface area contributed by atoms with Crippen LogP contribution >= 0.6 is 36.9 Å². The van der Waals surface area contributed by atoms with Crippen LogP contribution in [0.15, 0.2) is 0 Å². The van der Waals surface area contributed by atoms with Crippen molar-refractivity contribution in [3.63, 3.8) is 0 Å². The van der Waals surface area contributed by atoms with Gasteiger partial charge in [0, 0.05) is 12.7 Å². The molecule has 0 aromatic rings. The van der Waals surface area contributed by atoms with Crippen molar-refractivity contribution in [2.75, 3.05) is 25.9 Å². The molecule has 0 unspecified atom stereocenters. The third kappa shape index (κ3) is 7.42. The van der Waals surface area contributed by atoms with Crippen molar-refractivity contribution in [2.24, 2.45) is 0 Å². The van der Waals surface area contributed by atoms with Crippen LogP contribution in [-0.4, -0.2) is 25.9 Å². The van der Waals surface area contributed by atoms with E-state index in [1.807, 2.05) is 0 Å². The van der Waals surface area contributed by atoms with E-state index < -0.39 is 14.4 Å². The molecule has 0 fully saturated rings. The predicted octanol–water partition coefficient (Wildman–Crippen LogP) is 3.55. The third-order valence-electron chi connectivity index (χ3n) is 1.18. The number of hydrogen-bond acceptors (Lipinski definition) is 3. The Kier molecular flexibility index (Phi) is 8.96. The molecule has 0 aromatic carbocycles. The molecule has 0 radical (unpaired) electrons. The Balaban J connectivity index is 3.90. The maximum absolute atomic E-state index is 11.8. The van der Waals surface area contributed by atoms with E-state index in [0.717, 1.165) is 0 Å². The van der Waals surface area contributed by atoms with Gasteiger partial charge in [-0.3, -0.25) is 9.05 Å². The van der Waals surface area contributed by atoms with E-state index in [4.69, 9.17) is 31.5 Å². The fraction of sp³-hybridized carbons (Fsp3) is 1.00. The highest BCUT2D eigenvalue weighted by Gasteiger charge is 2.22. The normalized spacial score (nSPS) is 12.4. The van der Waals surface area contributed by atoms with E-state index in [0.29, 0.717) is 25.9 Å². The zero-order chi connectivity index (χ0) is 11.0. The maximum atomic E-state index is 11.8. The summed E-state index contributed by atoms with van der Waals surface area (Å²) in [6.07, 6.45) is 0.558. The summed E-state index contributed by atoms with van der Waals surface area (Å²) < 4.78 is 21.8. The van der Waals surface area contributed by atoms with Gasteiger partial charge in [-0.25, -0.2) is 9.65 Å². The predicted molar refractivity (Wildman–Crippen MR) is 62.4 cm³/mol. The van der Waals surface area contributed by atoms with Gasteiger partial charge in [-0.1, -0.05) is 22.5 Å². The van der Waals surface area contributed by atoms with Crippen molar-refractivity contribution in [3.8, 4) is 0 Å². The first-order chi connectivity index (χ1) is 6.54. The minimum Gasteiger partial charge on any atom is -0.297 e. The molecule has 1 N–H and O–H groups in total. The number of hydrogen-bond donors (Lipinski definition) is 1. The first-order valence-corrected chi connectivity index (χ1v) is 9.15.